The van der Waals surface area contributed by atoms with Crippen LogP contribution in [0.2, 0.25) is 0 Å². The third-order valence-electron chi connectivity index (χ3n) is 2.78. The van der Waals surface area contributed by atoms with E-state index in [9.17, 15) is 4.79 Å². The molecule has 2 heterocycles. The molecule has 1 spiro atoms. The molecule has 74 valence electrons. The molecule has 2 aliphatic rings. The molecule has 0 radical (unpaired) electrons. The van der Waals surface area contributed by atoms with Crippen molar-refractivity contribution < 1.29 is 14.3 Å². The number of alkyl carbamates (subject to hydrolysis) is 1. The van der Waals surface area contributed by atoms with Crippen LogP contribution in [0.5, 0.6) is 0 Å². The van der Waals surface area contributed by atoms with Gasteiger partial charge in [0.25, 0.3) is 0 Å². The lowest BCUT2D eigenvalue weighted by Crippen LogP contribution is -2.51. The van der Waals surface area contributed by atoms with Gasteiger partial charge >= 0.3 is 6.09 Å². The van der Waals surface area contributed by atoms with E-state index >= 15 is 0 Å². The summed E-state index contributed by atoms with van der Waals surface area (Å²) in [4.78, 5) is 11.1. The van der Waals surface area contributed by atoms with Crippen molar-refractivity contribution in [2.45, 2.75) is 37.9 Å². The van der Waals surface area contributed by atoms with E-state index in [0.29, 0.717) is 6.61 Å². The Kier molecular flexibility index (Phi) is 2.15. The van der Waals surface area contributed by atoms with E-state index in [-0.39, 0.29) is 17.8 Å². The fourth-order valence-electron chi connectivity index (χ4n) is 2.13. The second kappa shape index (κ2) is 3.18. The number of hydrogen-bond donors (Lipinski definition) is 1. The third kappa shape index (κ3) is 1.77. The minimum absolute atomic E-state index is 0.208. The zero-order valence-corrected chi connectivity index (χ0v) is 7.84. The normalized spacial score (nSPS) is 39.8. The van der Waals surface area contributed by atoms with Crippen LogP contribution in [-0.4, -0.2) is 30.9 Å². The maximum Gasteiger partial charge on any atom is 0.407 e. The molecule has 4 nitrogen and oxygen atoms in total. The summed E-state index contributed by atoms with van der Waals surface area (Å²) in [5, 5.41) is 2.67. The highest BCUT2D eigenvalue weighted by atomic mass is 16.6. The molecule has 2 atom stereocenters. The summed E-state index contributed by atoms with van der Waals surface area (Å²) >= 11 is 0. The lowest BCUT2D eigenvalue weighted by molar-refractivity contribution is -0.112. The Morgan fingerprint density at radius 2 is 2.38 bits per heavy atom. The average Bonchev–Trinajstić information content (AvgIpc) is 2.02. The first-order valence-electron chi connectivity index (χ1n) is 4.79. The summed E-state index contributed by atoms with van der Waals surface area (Å²) in [5.41, 5.74) is -0.236. The first-order chi connectivity index (χ1) is 6.20. The summed E-state index contributed by atoms with van der Waals surface area (Å²) in [6.07, 6.45) is 2.51. The molecule has 1 amide bonds. The zero-order chi connectivity index (χ0) is 9.31. The molecule has 2 aliphatic heterocycles. The second-order valence-electron chi connectivity index (χ2n) is 3.88. The molecular formula is C9H15NO3. The third-order valence-corrected chi connectivity index (χ3v) is 2.78. The Hall–Kier alpha value is -0.770. The van der Waals surface area contributed by atoms with Crippen molar-refractivity contribution in [2.24, 2.45) is 0 Å². The van der Waals surface area contributed by atoms with E-state index in [0.717, 1.165) is 25.8 Å². The van der Waals surface area contributed by atoms with Crippen LogP contribution in [-0.2, 0) is 9.47 Å². The standard InChI is InChI=1S/C9H15NO3/c1-7-6-9(3-5-12-7)2-4-10-8(11)13-9/h7H,2-6H2,1H3,(H,10,11). The van der Waals surface area contributed by atoms with Crippen molar-refractivity contribution in [1.82, 2.24) is 5.32 Å². The lowest BCUT2D eigenvalue weighted by atomic mass is 9.87. The second-order valence-corrected chi connectivity index (χ2v) is 3.88. The Morgan fingerprint density at radius 3 is 3.08 bits per heavy atom. The molecule has 2 rings (SSSR count). The molecule has 0 aromatic rings. The monoisotopic (exact) mass is 185 g/mol. The van der Waals surface area contributed by atoms with Gasteiger partial charge in [0.2, 0.25) is 0 Å². The van der Waals surface area contributed by atoms with Gasteiger partial charge in [-0.3, -0.25) is 0 Å². The van der Waals surface area contributed by atoms with Gasteiger partial charge in [0.15, 0.2) is 0 Å². The Bertz CT molecular complexity index is 215. The molecule has 0 aromatic heterocycles. The molecule has 1 N–H and O–H groups in total. The van der Waals surface area contributed by atoms with Crippen LogP contribution in [0, 0.1) is 0 Å². The summed E-state index contributed by atoms with van der Waals surface area (Å²) in [6.45, 7) is 3.46. The van der Waals surface area contributed by atoms with Gasteiger partial charge in [-0.1, -0.05) is 0 Å². The Labute approximate surface area is 77.6 Å². The molecule has 4 heteroatoms. The SMILES string of the molecule is CC1CC2(CCNC(=O)O2)CCO1. The van der Waals surface area contributed by atoms with Gasteiger partial charge in [0.1, 0.15) is 5.60 Å². The van der Waals surface area contributed by atoms with Gasteiger partial charge in [-0.2, -0.15) is 0 Å². The topological polar surface area (TPSA) is 47.6 Å². The minimum atomic E-state index is -0.277. The number of carbonyl (C=O) groups is 1. The number of rotatable bonds is 0. The molecule has 0 aliphatic carbocycles. The van der Waals surface area contributed by atoms with Crippen LogP contribution in [0.4, 0.5) is 4.79 Å². The van der Waals surface area contributed by atoms with Crippen molar-refractivity contribution in [1.29, 1.82) is 0 Å². The quantitative estimate of drug-likeness (QED) is 0.613. The number of ether oxygens (including phenoxy) is 2. The first kappa shape index (κ1) is 8.81. The number of nitrogens with one attached hydrogen (secondary N) is 1. The summed E-state index contributed by atoms with van der Waals surface area (Å²) in [5.74, 6) is 0. The van der Waals surface area contributed by atoms with Gasteiger partial charge in [0.05, 0.1) is 12.7 Å². The Balaban J connectivity index is 2.04. The van der Waals surface area contributed by atoms with E-state index < -0.39 is 0 Å². The van der Waals surface area contributed by atoms with E-state index in [1.54, 1.807) is 0 Å². The van der Waals surface area contributed by atoms with E-state index in [1.807, 2.05) is 6.92 Å². The van der Waals surface area contributed by atoms with Gasteiger partial charge in [-0.05, 0) is 6.92 Å². The number of carbonyl (C=O) groups excluding carboxylic acids is 1. The van der Waals surface area contributed by atoms with E-state index in [2.05, 4.69) is 5.32 Å². The van der Waals surface area contributed by atoms with Gasteiger partial charge in [-0.25, -0.2) is 4.79 Å². The van der Waals surface area contributed by atoms with Crippen molar-refractivity contribution in [3.63, 3.8) is 0 Å². The molecule has 0 bridgehead atoms. The summed E-state index contributed by atoms with van der Waals surface area (Å²) in [7, 11) is 0. The van der Waals surface area contributed by atoms with Crippen LogP contribution in [0.15, 0.2) is 0 Å². The van der Waals surface area contributed by atoms with Crippen molar-refractivity contribution in [2.75, 3.05) is 13.2 Å². The van der Waals surface area contributed by atoms with Crippen molar-refractivity contribution in [3.05, 3.63) is 0 Å². The fourth-order valence-corrected chi connectivity index (χ4v) is 2.13. The van der Waals surface area contributed by atoms with Crippen molar-refractivity contribution in [3.8, 4) is 0 Å². The number of amides is 1. The highest BCUT2D eigenvalue weighted by molar-refractivity contribution is 5.68. The van der Waals surface area contributed by atoms with Gasteiger partial charge in [-0.15, -0.1) is 0 Å². The largest absolute Gasteiger partial charge is 0.443 e. The molecule has 0 saturated carbocycles. The average molecular weight is 185 g/mol. The van der Waals surface area contributed by atoms with E-state index in [1.165, 1.54) is 0 Å². The fraction of sp³-hybridized carbons (Fsp3) is 0.889. The first-order valence-corrected chi connectivity index (χ1v) is 4.79. The molecule has 13 heavy (non-hydrogen) atoms. The smallest absolute Gasteiger partial charge is 0.407 e. The van der Waals surface area contributed by atoms with E-state index in [4.69, 9.17) is 9.47 Å². The maximum absolute atomic E-state index is 11.1. The Morgan fingerprint density at radius 1 is 1.54 bits per heavy atom. The van der Waals surface area contributed by atoms with Crippen LogP contribution in [0.1, 0.15) is 26.2 Å². The van der Waals surface area contributed by atoms with Crippen LogP contribution < -0.4 is 5.32 Å². The van der Waals surface area contributed by atoms with Crippen LogP contribution >= 0.6 is 0 Å². The van der Waals surface area contributed by atoms with Crippen molar-refractivity contribution >= 4 is 6.09 Å². The summed E-state index contributed by atoms with van der Waals surface area (Å²) in [6, 6.07) is 0. The van der Waals surface area contributed by atoms with Gasteiger partial charge in [0, 0.05) is 25.8 Å². The number of hydrogen-bond acceptors (Lipinski definition) is 3. The van der Waals surface area contributed by atoms with Gasteiger partial charge < -0.3 is 14.8 Å². The van der Waals surface area contributed by atoms with Crippen LogP contribution in [0.25, 0.3) is 0 Å². The molecule has 0 aromatic carbocycles. The minimum Gasteiger partial charge on any atom is -0.443 e. The lowest BCUT2D eigenvalue weighted by Gasteiger charge is -2.41. The highest BCUT2D eigenvalue weighted by Gasteiger charge is 2.41. The molecular weight excluding hydrogens is 170 g/mol. The molecule has 2 saturated heterocycles. The molecule has 2 fully saturated rings. The van der Waals surface area contributed by atoms with Crippen LogP contribution in [0.3, 0.4) is 0 Å². The zero-order valence-electron chi connectivity index (χ0n) is 7.84. The summed E-state index contributed by atoms with van der Waals surface area (Å²) < 4.78 is 10.8. The molecule has 2 unspecified atom stereocenters. The highest BCUT2D eigenvalue weighted by Crippen LogP contribution is 2.33. The predicted octanol–water partition coefficient (Wildman–Crippen LogP) is 1.05. The predicted molar refractivity (Wildman–Crippen MR) is 46.5 cm³/mol. The maximum atomic E-state index is 11.1.